The number of rotatable bonds is 3. The molecule has 0 bridgehead atoms. The maximum absolute atomic E-state index is 11.2. The summed E-state index contributed by atoms with van der Waals surface area (Å²) in [5.41, 5.74) is 0. The van der Waals surface area contributed by atoms with Gasteiger partial charge in [-0.2, -0.15) is 0 Å². The molecule has 18 heavy (non-hydrogen) atoms. The van der Waals surface area contributed by atoms with Gasteiger partial charge in [0.2, 0.25) is 5.91 Å². The van der Waals surface area contributed by atoms with Crippen molar-refractivity contribution >= 4 is 11.8 Å². The van der Waals surface area contributed by atoms with Crippen LogP contribution in [-0.4, -0.2) is 86.1 Å². The molecule has 0 radical (unpaired) electrons. The lowest BCUT2D eigenvalue weighted by Gasteiger charge is -2.22. The molecule has 0 aliphatic rings. The van der Waals surface area contributed by atoms with E-state index >= 15 is 0 Å². The molecule has 1 N–H and O–H groups in total. The van der Waals surface area contributed by atoms with Crippen LogP contribution in [0, 0.1) is 0 Å². The normalized spacial score (nSPS) is 13.2. The smallest absolute Gasteiger partial charge is 0.250 e. The first-order valence-electron chi connectivity index (χ1n) is 5.79. The second-order valence-corrected chi connectivity index (χ2v) is 4.78. The predicted molar refractivity (Wildman–Crippen MR) is 72.2 cm³/mol. The fourth-order valence-electron chi connectivity index (χ4n) is 0.968. The summed E-state index contributed by atoms with van der Waals surface area (Å²) in [4.78, 5) is 26.5. The molecule has 0 aliphatic carbocycles. The van der Waals surface area contributed by atoms with Crippen LogP contribution in [0.25, 0.3) is 0 Å². The van der Waals surface area contributed by atoms with Gasteiger partial charge in [0.25, 0.3) is 5.91 Å². The molecule has 2 atom stereocenters. The fraction of sp³-hybridized carbons (Fsp3) is 0.833. The molecule has 0 aromatic rings. The highest BCUT2D eigenvalue weighted by atomic mass is 16.3. The van der Waals surface area contributed by atoms with Crippen molar-refractivity contribution in [3.8, 4) is 0 Å². The number of carbonyl (C=O) groups is 2. The molecule has 0 saturated heterocycles. The zero-order valence-corrected chi connectivity index (χ0v) is 12.8. The van der Waals surface area contributed by atoms with E-state index in [0.29, 0.717) is 0 Å². The lowest BCUT2D eigenvalue weighted by molar-refractivity contribution is -0.136. The summed E-state index contributed by atoms with van der Waals surface area (Å²) in [7, 11) is 10.5. The van der Waals surface area contributed by atoms with Crippen LogP contribution in [0.3, 0.4) is 0 Å². The van der Waals surface area contributed by atoms with Gasteiger partial charge in [-0.05, 0) is 27.9 Å². The van der Waals surface area contributed by atoms with E-state index in [1.54, 1.807) is 33.1 Å². The van der Waals surface area contributed by atoms with Gasteiger partial charge in [-0.1, -0.05) is 0 Å². The Kier molecular flexibility index (Phi) is 9.47. The monoisotopic (exact) mass is 261 g/mol. The Labute approximate surface area is 110 Å². The SMILES string of the molecule is CC(C(=O)N(C)C)N(C)C.CC(O)C(=O)N(C)C. The minimum absolute atomic E-state index is 0.0185. The molecule has 0 aromatic carbocycles. The summed E-state index contributed by atoms with van der Waals surface area (Å²) in [5.74, 6) is -0.116. The molecule has 2 unspecified atom stereocenters. The summed E-state index contributed by atoms with van der Waals surface area (Å²) in [5, 5.41) is 8.60. The van der Waals surface area contributed by atoms with Gasteiger partial charge in [-0.15, -0.1) is 0 Å². The van der Waals surface area contributed by atoms with Gasteiger partial charge in [0.15, 0.2) is 0 Å². The number of carbonyl (C=O) groups excluding carboxylic acids is 2. The minimum atomic E-state index is -0.870. The van der Waals surface area contributed by atoms with Crippen LogP contribution in [0.15, 0.2) is 0 Å². The summed E-state index contributed by atoms with van der Waals surface area (Å²) in [6, 6.07) is -0.0185. The van der Waals surface area contributed by atoms with E-state index in [9.17, 15) is 9.59 Å². The molecular weight excluding hydrogens is 234 g/mol. The molecule has 0 saturated carbocycles. The highest BCUT2D eigenvalue weighted by Gasteiger charge is 2.15. The number of likely N-dealkylation sites (N-methyl/N-ethyl adjacent to an activating group) is 3. The Morgan fingerprint density at radius 1 is 0.833 bits per heavy atom. The van der Waals surface area contributed by atoms with Crippen LogP contribution in [0.4, 0.5) is 0 Å². The Bertz CT molecular complexity index is 253. The van der Waals surface area contributed by atoms with Crippen molar-refractivity contribution in [2.75, 3.05) is 42.3 Å². The third-order valence-corrected chi connectivity index (χ3v) is 2.37. The largest absolute Gasteiger partial charge is 0.384 e. The van der Waals surface area contributed by atoms with Crippen LogP contribution in [-0.2, 0) is 9.59 Å². The van der Waals surface area contributed by atoms with E-state index in [4.69, 9.17) is 5.11 Å². The van der Waals surface area contributed by atoms with Gasteiger partial charge in [-0.3, -0.25) is 14.5 Å². The van der Waals surface area contributed by atoms with Crippen molar-refractivity contribution in [1.29, 1.82) is 0 Å². The number of hydrogen-bond donors (Lipinski definition) is 1. The topological polar surface area (TPSA) is 64.1 Å². The standard InChI is InChI=1S/C7H16N2O.C5H11NO2/c1-6(8(2)3)7(10)9(4)5;1-4(7)5(8)6(2)3/h6H,1-5H3;4,7H,1-3H3. The molecule has 6 nitrogen and oxygen atoms in total. The molecular formula is C12H27N3O3. The highest BCUT2D eigenvalue weighted by Crippen LogP contribution is 1.94. The number of aliphatic hydroxyl groups is 1. The molecule has 0 aliphatic heterocycles. The number of aliphatic hydroxyl groups excluding tert-OH is 1. The Hall–Kier alpha value is -1.14. The minimum Gasteiger partial charge on any atom is -0.384 e. The van der Waals surface area contributed by atoms with E-state index in [1.165, 1.54) is 11.8 Å². The van der Waals surface area contributed by atoms with Crippen LogP contribution in [0.5, 0.6) is 0 Å². The maximum atomic E-state index is 11.2. The lowest BCUT2D eigenvalue weighted by atomic mass is 10.3. The van der Waals surface area contributed by atoms with E-state index in [1.807, 2.05) is 25.9 Å². The second-order valence-electron chi connectivity index (χ2n) is 4.78. The molecule has 0 spiro atoms. The van der Waals surface area contributed by atoms with Crippen molar-refractivity contribution in [2.24, 2.45) is 0 Å². The van der Waals surface area contributed by atoms with Gasteiger partial charge in [0.1, 0.15) is 6.10 Å². The summed E-state index contributed by atoms with van der Waals surface area (Å²) in [6.45, 7) is 3.34. The van der Waals surface area contributed by atoms with E-state index in [0.717, 1.165) is 0 Å². The molecule has 6 heteroatoms. The van der Waals surface area contributed by atoms with Gasteiger partial charge in [0.05, 0.1) is 6.04 Å². The zero-order valence-electron chi connectivity index (χ0n) is 12.8. The van der Waals surface area contributed by atoms with E-state index < -0.39 is 6.10 Å². The van der Waals surface area contributed by atoms with Crippen LogP contribution < -0.4 is 0 Å². The Morgan fingerprint density at radius 3 is 1.22 bits per heavy atom. The van der Waals surface area contributed by atoms with Crippen molar-refractivity contribution < 1.29 is 14.7 Å². The fourth-order valence-corrected chi connectivity index (χ4v) is 0.968. The highest BCUT2D eigenvalue weighted by molar-refractivity contribution is 5.80. The van der Waals surface area contributed by atoms with E-state index in [-0.39, 0.29) is 17.9 Å². The van der Waals surface area contributed by atoms with Crippen molar-refractivity contribution in [1.82, 2.24) is 14.7 Å². The summed E-state index contributed by atoms with van der Waals surface area (Å²) >= 11 is 0. The molecule has 0 aromatic heterocycles. The lowest BCUT2D eigenvalue weighted by Crippen LogP contribution is -2.40. The van der Waals surface area contributed by atoms with Crippen molar-refractivity contribution in [2.45, 2.75) is 26.0 Å². The van der Waals surface area contributed by atoms with Crippen LogP contribution in [0.2, 0.25) is 0 Å². The number of amides is 2. The van der Waals surface area contributed by atoms with Gasteiger partial charge >= 0.3 is 0 Å². The molecule has 2 amide bonds. The summed E-state index contributed by atoms with van der Waals surface area (Å²) in [6.07, 6.45) is -0.870. The van der Waals surface area contributed by atoms with Gasteiger partial charge < -0.3 is 14.9 Å². The number of hydrogen-bond acceptors (Lipinski definition) is 4. The maximum Gasteiger partial charge on any atom is 0.250 e. The average Bonchev–Trinajstić information content (AvgIpc) is 2.26. The predicted octanol–water partition coefficient (Wildman–Crippen LogP) is -0.520. The number of nitrogens with zero attached hydrogens (tertiary/aromatic N) is 3. The molecule has 0 heterocycles. The Morgan fingerprint density at radius 2 is 1.17 bits per heavy atom. The Balaban J connectivity index is 0. The van der Waals surface area contributed by atoms with Crippen LogP contribution >= 0.6 is 0 Å². The molecule has 108 valence electrons. The third kappa shape index (κ3) is 8.03. The quantitative estimate of drug-likeness (QED) is 0.742. The average molecular weight is 261 g/mol. The third-order valence-electron chi connectivity index (χ3n) is 2.37. The van der Waals surface area contributed by atoms with E-state index in [2.05, 4.69) is 0 Å². The van der Waals surface area contributed by atoms with Crippen LogP contribution in [0.1, 0.15) is 13.8 Å². The molecule has 0 rings (SSSR count). The zero-order chi connectivity index (χ0) is 15.0. The second kappa shape index (κ2) is 8.88. The van der Waals surface area contributed by atoms with Crippen molar-refractivity contribution in [3.05, 3.63) is 0 Å². The van der Waals surface area contributed by atoms with Gasteiger partial charge in [-0.25, -0.2) is 0 Å². The summed E-state index contributed by atoms with van der Waals surface area (Å²) < 4.78 is 0. The first-order chi connectivity index (χ1) is 8.02. The first-order valence-corrected chi connectivity index (χ1v) is 5.79. The molecule has 0 fully saturated rings. The van der Waals surface area contributed by atoms with Crippen molar-refractivity contribution in [3.63, 3.8) is 0 Å². The van der Waals surface area contributed by atoms with Gasteiger partial charge in [0, 0.05) is 28.2 Å². The first kappa shape index (κ1) is 19.2.